The zero-order valence-electron chi connectivity index (χ0n) is 19.8. The third-order valence-corrected chi connectivity index (χ3v) is 4.90. The molecule has 0 saturated carbocycles. The minimum absolute atomic E-state index is 0.0215. The van der Waals surface area contributed by atoms with Crippen molar-refractivity contribution in [1.29, 1.82) is 0 Å². The lowest BCUT2D eigenvalue weighted by molar-refractivity contribution is -0.185. The number of benzene rings is 1. The summed E-state index contributed by atoms with van der Waals surface area (Å²) in [4.78, 5) is 0. The van der Waals surface area contributed by atoms with Crippen molar-refractivity contribution in [2.45, 2.75) is 64.1 Å². The van der Waals surface area contributed by atoms with Gasteiger partial charge in [-0.2, -0.15) is 0 Å². The minimum atomic E-state index is -1.34. The summed E-state index contributed by atoms with van der Waals surface area (Å²) in [7, 11) is 0. The van der Waals surface area contributed by atoms with Gasteiger partial charge in [0.1, 0.15) is 12.4 Å². The standard InChI is InChI=1S/C25H44O7/c1-2-3-4-5-6-7-11-14-25(27,32-24-12-9-8-10-13-24)23-31-22-21-30-20-19-29-18-17-28-16-15-26/h8-10,12-13,26-27H,2-7,11,14-23H2,1H3. The number of para-hydroxylation sites is 1. The monoisotopic (exact) mass is 456 g/mol. The molecule has 0 spiro atoms. The molecule has 0 radical (unpaired) electrons. The van der Waals surface area contributed by atoms with Gasteiger partial charge in [0.15, 0.2) is 0 Å². The van der Waals surface area contributed by atoms with Crippen molar-refractivity contribution < 1.29 is 33.9 Å². The van der Waals surface area contributed by atoms with Gasteiger partial charge in [0, 0.05) is 6.42 Å². The smallest absolute Gasteiger partial charge is 0.231 e. The highest BCUT2D eigenvalue weighted by atomic mass is 16.7. The molecule has 1 aromatic carbocycles. The molecule has 0 amide bonds. The molecular formula is C25H44O7. The van der Waals surface area contributed by atoms with Gasteiger partial charge < -0.3 is 33.9 Å². The molecule has 7 heteroatoms. The molecule has 0 heterocycles. The van der Waals surface area contributed by atoms with E-state index < -0.39 is 5.79 Å². The highest BCUT2D eigenvalue weighted by Crippen LogP contribution is 2.22. The fourth-order valence-corrected chi connectivity index (χ4v) is 3.17. The molecule has 0 aliphatic heterocycles. The molecule has 1 unspecified atom stereocenters. The molecule has 0 aliphatic carbocycles. The number of hydrogen-bond donors (Lipinski definition) is 2. The van der Waals surface area contributed by atoms with Crippen LogP contribution >= 0.6 is 0 Å². The number of hydrogen-bond acceptors (Lipinski definition) is 7. The van der Waals surface area contributed by atoms with Crippen molar-refractivity contribution in [2.75, 3.05) is 59.5 Å². The van der Waals surface area contributed by atoms with Gasteiger partial charge in [-0.25, -0.2) is 0 Å². The van der Waals surface area contributed by atoms with Gasteiger partial charge in [-0.05, 0) is 18.6 Å². The first-order valence-electron chi connectivity index (χ1n) is 12.1. The van der Waals surface area contributed by atoms with Crippen LogP contribution < -0.4 is 4.74 Å². The SMILES string of the molecule is CCCCCCCCCC(O)(COCCOCCOCCOCCO)Oc1ccccc1. The van der Waals surface area contributed by atoms with Crippen molar-refractivity contribution in [3.63, 3.8) is 0 Å². The fourth-order valence-electron chi connectivity index (χ4n) is 3.17. The van der Waals surface area contributed by atoms with Crippen LogP contribution in [0, 0.1) is 0 Å². The first-order valence-corrected chi connectivity index (χ1v) is 12.1. The summed E-state index contributed by atoms with van der Waals surface area (Å²) in [6.07, 6.45) is 8.77. The van der Waals surface area contributed by atoms with Crippen LogP contribution in [0.15, 0.2) is 30.3 Å². The maximum atomic E-state index is 11.0. The van der Waals surface area contributed by atoms with Gasteiger partial charge in [-0.15, -0.1) is 0 Å². The van der Waals surface area contributed by atoms with E-state index in [1.54, 1.807) is 0 Å². The van der Waals surface area contributed by atoms with E-state index in [0.29, 0.717) is 58.4 Å². The highest BCUT2D eigenvalue weighted by Gasteiger charge is 2.29. The predicted octanol–water partition coefficient (Wildman–Crippen LogP) is 3.95. The van der Waals surface area contributed by atoms with Gasteiger partial charge in [-0.3, -0.25) is 0 Å². The molecular weight excluding hydrogens is 412 g/mol. The van der Waals surface area contributed by atoms with Crippen LogP contribution in [0.4, 0.5) is 0 Å². The molecule has 7 nitrogen and oxygen atoms in total. The molecule has 0 aromatic heterocycles. The number of aliphatic hydroxyl groups is 2. The Labute approximate surface area is 194 Å². The van der Waals surface area contributed by atoms with Crippen LogP contribution in [-0.2, 0) is 18.9 Å². The van der Waals surface area contributed by atoms with Crippen LogP contribution in [0.2, 0.25) is 0 Å². The van der Waals surface area contributed by atoms with Gasteiger partial charge in [-0.1, -0.05) is 63.6 Å². The molecule has 2 N–H and O–H groups in total. The topological polar surface area (TPSA) is 86.6 Å². The number of unbranched alkanes of at least 4 members (excludes halogenated alkanes) is 6. The van der Waals surface area contributed by atoms with Crippen LogP contribution in [0.1, 0.15) is 58.3 Å². The molecule has 0 fully saturated rings. The summed E-state index contributed by atoms with van der Waals surface area (Å²) in [5, 5.41) is 19.6. The number of rotatable bonds is 23. The third kappa shape index (κ3) is 16.4. The average molecular weight is 457 g/mol. The summed E-state index contributed by atoms with van der Waals surface area (Å²) in [5.41, 5.74) is 0. The molecule has 186 valence electrons. The molecule has 1 atom stereocenters. The van der Waals surface area contributed by atoms with E-state index in [2.05, 4.69) is 6.92 Å². The second kappa shape index (κ2) is 20.4. The van der Waals surface area contributed by atoms with E-state index in [1.165, 1.54) is 32.1 Å². The molecule has 1 rings (SSSR count). The second-order valence-electron chi connectivity index (χ2n) is 7.85. The van der Waals surface area contributed by atoms with Gasteiger partial charge in [0.2, 0.25) is 5.79 Å². The maximum Gasteiger partial charge on any atom is 0.231 e. The first-order chi connectivity index (χ1) is 15.7. The highest BCUT2D eigenvalue weighted by molar-refractivity contribution is 5.21. The Morgan fingerprint density at radius 3 is 1.81 bits per heavy atom. The van der Waals surface area contributed by atoms with Gasteiger partial charge in [0.25, 0.3) is 0 Å². The summed E-state index contributed by atoms with van der Waals surface area (Å²) >= 11 is 0. The minimum Gasteiger partial charge on any atom is -0.460 e. The Kier molecular flexibility index (Phi) is 18.4. The lowest BCUT2D eigenvalue weighted by atomic mass is 10.0. The van der Waals surface area contributed by atoms with Crippen molar-refractivity contribution in [2.24, 2.45) is 0 Å². The quantitative estimate of drug-likeness (QED) is 0.190. The normalized spacial score (nSPS) is 13.2. The first kappa shape index (κ1) is 28.8. The van der Waals surface area contributed by atoms with Crippen LogP contribution in [-0.4, -0.2) is 75.5 Å². The molecule has 0 aliphatic rings. The summed E-state index contributed by atoms with van der Waals surface area (Å²) < 4.78 is 27.5. The average Bonchev–Trinajstić information content (AvgIpc) is 2.80. The zero-order chi connectivity index (χ0) is 23.2. The van der Waals surface area contributed by atoms with Gasteiger partial charge >= 0.3 is 0 Å². The third-order valence-electron chi connectivity index (χ3n) is 4.90. The molecule has 1 aromatic rings. The van der Waals surface area contributed by atoms with E-state index >= 15 is 0 Å². The van der Waals surface area contributed by atoms with Crippen molar-refractivity contribution in [3.8, 4) is 5.75 Å². The lowest BCUT2D eigenvalue weighted by Gasteiger charge is -2.29. The number of ether oxygens (including phenoxy) is 5. The second-order valence-corrected chi connectivity index (χ2v) is 7.85. The Hall–Kier alpha value is -1.22. The lowest BCUT2D eigenvalue weighted by Crippen LogP contribution is -2.41. The zero-order valence-corrected chi connectivity index (χ0v) is 19.8. The van der Waals surface area contributed by atoms with Crippen molar-refractivity contribution >= 4 is 0 Å². The Balaban J connectivity index is 2.20. The Morgan fingerprint density at radius 1 is 0.688 bits per heavy atom. The van der Waals surface area contributed by atoms with Crippen molar-refractivity contribution in [3.05, 3.63) is 30.3 Å². The van der Waals surface area contributed by atoms with E-state index in [-0.39, 0.29) is 13.2 Å². The number of aliphatic hydroxyl groups excluding tert-OH is 1. The van der Waals surface area contributed by atoms with E-state index in [0.717, 1.165) is 12.8 Å². The summed E-state index contributed by atoms with van der Waals surface area (Å²) in [5.74, 6) is -0.708. The van der Waals surface area contributed by atoms with Gasteiger partial charge in [0.05, 0.1) is 52.9 Å². The Bertz CT molecular complexity index is 514. The van der Waals surface area contributed by atoms with Crippen LogP contribution in [0.25, 0.3) is 0 Å². The fraction of sp³-hybridized carbons (Fsp3) is 0.760. The summed E-state index contributed by atoms with van der Waals surface area (Å²) in [6.45, 7) is 5.33. The van der Waals surface area contributed by atoms with E-state index in [4.69, 9.17) is 28.8 Å². The molecule has 0 saturated heterocycles. The van der Waals surface area contributed by atoms with Crippen LogP contribution in [0.5, 0.6) is 5.75 Å². The maximum absolute atomic E-state index is 11.0. The van der Waals surface area contributed by atoms with Crippen molar-refractivity contribution in [1.82, 2.24) is 0 Å². The van der Waals surface area contributed by atoms with E-state index in [1.807, 2.05) is 30.3 Å². The molecule has 0 bridgehead atoms. The Morgan fingerprint density at radius 2 is 1.22 bits per heavy atom. The predicted molar refractivity (Wildman–Crippen MR) is 125 cm³/mol. The van der Waals surface area contributed by atoms with E-state index in [9.17, 15) is 5.11 Å². The largest absolute Gasteiger partial charge is 0.460 e. The van der Waals surface area contributed by atoms with Crippen LogP contribution in [0.3, 0.4) is 0 Å². The summed E-state index contributed by atoms with van der Waals surface area (Å²) in [6, 6.07) is 9.38. The molecule has 32 heavy (non-hydrogen) atoms.